The lowest BCUT2D eigenvalue weighted by Gasteiger charge is -2.09. The molecule has 0 saturated heterocycles. The first-order valence-corrected chi connectivity index (χ1v) is 8.78. The molecule has 150 valence electrons. The van der Waals surface area contributed by atoms with E-state index in [9.17, 15) is 13.6 Å². The minimum Gasteiger partial charge on any atom is -0.497 e. The Kier molecular flexibility index (Phi) is 6.57. The Bertz CT molecular complexity index is 964. The van der Waals surface area contributed by atoms with Gasteiger partial charge in [0.2, 0.25) is 0 Å². The molecule has 0 spiro atoms. The molecule has 0 aliphatic rings. The summed E-state index contributed by atoms with van der Waals surface area (Å²) >= 11 is 0. The third-order valence-corrected chi connectivity index (χ3v) is 3.92. The second kappa shape index (κ2) is 9.50. The molecule has 0 aliphatic heterocycles. The van der Waals surface area contributed by atoms with Crippen molar-refractivity contribution in [3.05, 3.63) is 78.1 Å². The van der Waals surface area contributed by atoms with Crippen LogP contribution in [0.4, 0.5) is 20.2 Å². The highest BCUT2D eigenvalue weighted by Crippen LogP contribution is 2.19. The fourth-order valence-electron chi connectivity index (χ4n) is 2.44. The summed E-state index contributed by atoms with van der Waals surface area (Å²) in [5.41, 5.74) is 1.14. The summed E-state index contributed by atoms with van der Waals surface area (Å²) < 4.78 is 36.8. The van der Waals surface area contributed by atoms with Gasteiger partial charge in [-0.1, -0.05) is 0 Å². The zero-order valence-corrected chi connectivity index (χ0v) is 15.6. The zero-order valence-electron chi connectivity index (χ0n) is 15.6. The largest absolute Gasteiger partial charge is 0.497 e. The van der Waals surface area contributed by atoms with Gasteiger partial charge in [-0.3, -0.25) is 4.79 Å². The third-order valence-electron chi connectivity index (χ3n) is 3.92. The van der Waals surface area contributed by atoms with Crippen molar-refractivity contribution in [3.8, 4) is 11.5 Å². The third kappa shape index (κ3) is 5.65. The Hall–Kier alpha value is -3.68. The van der Waals surface area contributed by atoms with E-state index in [0.717, 1.165) is 17.9 Å². The Morgan fingerprint density at radius 1 is 0.966 bits per heavy atom. The van der Waals surface area contributed by atoms with Crippen LogP contribution in [-0.2, 0) is 0 Å². The smallest absolute Gasteiger partial charge is 0.269 e. The molecule has 29 heavy (non-hydrogen) atoms. The quantitative estimate of drug-likeness (QED) is 0.562. The standard InChI is InChI=1S/C21H19F2N3O3/c1-28-16-4-6-17(7-5-16)29-11-10-24-21(27)20-9-3-15(13-25-20)26-14-2-8-18(22)19(23)12-14/h2-9,12-13,26H,10-11H2,1H3,(H,24,27). The van der Waals surface area contributed by atoms with Crippen molar-refractivity contribution < 1.29 is 23.0 Å². The molecule has 0 atom stereocenters. The normalized spacial score (nSPS) is 10.3. The van der Waals surface area contributed by atoms with Crippen molar-refractivity contribution in [2.24, 2.45) is 0 Å². The van der Waals surface area contributed by atoms with Crippen LogP contribution in [0, 0.1) is 11.6 Å². The van der Waals surface area contributed by atoms with Crippen LogP contribution in [-0.4, -0.2) is 31.2 Å². The molecule has 0 saturated carbocycles. The first-order valence-electron chi connectivity index (χ1n) is 8.78. The first-order chi connectivity index (χ1) is 14.0. The van der Waals surface area contributed by atoms with Crippen LogP contribution in [0.2, 0.25) is 0 Å². The molecule has 1 aromatic heterocycles. The maximum atomic E-state index is 13.2. The monoisotopic (exact) mass is 399 g/mol. The molecule has 8 heteroatoms. The Balaban J connectivity index is 1.46. The van der Waals surface area contributed by atoms with E-state index in [0.29, 0.717) is 30.3 Å². The molecule has 0 fully saturated rings. The lowest BCUT2D eigenvalue weighted by Crippen LogP contribution is -2.28. The molecule has 2 N–H and O–H groups in total. The fraction of sp³-hybridized carbons (Fsp3) is 0.143. The van der Waals surface area contributed by atoms with E-state index >= 15 is 0 Å². The summed E-state index contributed by atoms with van der Waals surface area (Å²) in [5.74, 6) is -0.805. The van der Waals surface area contributed by atoms with Crippen molar-refractivity contribution in [2.45, 2.75) is 0 Å². The van der Waals surface area contributed by atoms with Gasteiger partial charge in [-0.15, -0.1) is 0 Å². The number of pyridine rings is 1. The van der Waals surface area contributed by atoms with E-state index in [4.69, 9.17) is 9.47 Å². The molecule has 0 bridgehead atoms. The Labute approximate surface area is 166 Å². The van der Waals surface area contributed by atoms with Gasteiger partial charge in [0.1, 0.15) is 23.8 Å². The van der Waals surface area contributed by atoms with E-state index in [1.807, 2.05) is 0 Å². The molecule has 3 rings (SSSR count). The van der Waals surface area contributed by atoms with Gasteiger partial charge in [0, 0.05) is 11.8 Å². The summed E-state index contributed by atoms with van der Waals surface area (Å²) in [5, 5.41) is 5.60. The van der Waals surface area contributed by atoms with Gasteiger partial charge >= 0.3 is 0 Å². The van der Waals surface area contributed by atoms with Crippen LogP contribution in [0.3, 0.4) is 0 Å². The van der Waals surface area contributed by atoms with Gasteiger partial charge < -0.3 is 20.1 Å². The number of carbonyl (C=O) groups excluding carboxylic acids is 1. The number of nitrogens with one attached hydrogen (secondary N) is 2. The molecular formula is C21H19F2N3O3. The second-order valence-corrected chi connectivity index (χ2v) is 5.97. The maximum Gasteiger partial charge on any atom is 0.269 e. The van der Waals surface area contributed by atoms with Gasteiger partial charge in [0.15, 0.2) is 11.6 Å². The minimum absolute atomic E-state index is 0.227. The van der Waals surface area contributed by atoms with Crippen LogP contribution >= 0.6 is 0 Å². The molecule has 2 aromatic carbocycles. The average molecular weight is 399 g/mol. The number of methoxy groups -OCH3 is 1. The van der Waals surface area contributed by atoms with Crippen molar-refractivity contribution >= 4 is 17.3 Å². The van der Waals surface area contributed by atoms with Crippen molar-refractivity contribution in [3.63, 3.8) is 0 Å². The number of rotatable bonds is 8. The van der Waals surface area contributed by atoms with E-state index in [-0.39, 0.29) is 11.6 Å². The lowest BCUT2D eigenvalue weighted by atomic mass is 10.2. The number of benzene rings is 2. The molecule has 3 aromatic rings. The van der Waals surface area contributed by atoms with E-state index in [1.165, 1.54) is 18.3 Å². The van der Waals surface area contributed by atoms with Gasteiger partial charge in [-0.2, -0.15) is 0 Å². The van der Waals surface area contributed by atoms with Crippen LogP contribution in [0.5, 0.6) is 11.5 Å². The second-order valence-electron chi connectivity index (χ2n) is 5.97. The summed E-state index contributed by atoms with van der Waals surface area (Å²) in [6, 6.07) is 13.8. The molecule has 0 aliphatic carbocycles. The predicted molar refractivity (Wildman–Crippen MR) is 105 cm³/mol. The molecule has 6 nitrogen and oxygen atoms in total. The highest BCUT2D eigenvalue weighted by atomic mass is 19.2. The highest BCUT2D eigenvalue weighted by Gasteiger charge is 2.08. The molecule has 1 amide bonds. The van der Waals surface area contributed by atoms with Crippen LogP contribution in [0.25, 0.3) is 0 Å². The number of hydrogen-bond acceptors (Lipinski definition) is 5. The summed E-state index contributed by atoms with van der Waals surface area (Å²) in [6.07, 6.45) is 1.43. The number of halogens is 2. The predicted octanol–water partition coefficient (Wildman–Crippen LogP) is 3.92. The van der Waals surface area contributed by atoms with Gasteiger partial charge in [-0.25, -0.2) is 13.8 Å². The van der Waals surface area contributed by atoms with Crippen LogP contribution in [0.15, 0.2) is 60.8 Å². The van der Waals surface area contributed by atoms with E-state index < -0.39 is 11.6 Å². The van der Waals surface area contributed by atoms with E-state index in [2.05, 4.69) is 15.6 Å². The fourth-order valence-corrected chi connectivity index (χ4v) is 2.44. The van der Waals surface area contributed by atoms with E-state index in [1.54, 1.807) is 37.4 Å². The molecule has 0 unspecified atom stereocenters. The van der Waals surface area contributed by atoms with Crippen molar-refractivity contribution in [1.82, 2.24) is 10.3 Å². The Morgan fingerprint density at radius 2 is 1.69 bits per heavy atom. The SMILES string of the molecule is COc1ccc(OCCNC(=O)c2ccc(Nc3ccc(F)c(F)c3)cn2)cc1. The summed E-state index contributed by atoms with van der Waals surface area (Å²) in [7, 11) is 1.59. The van der Waals surface area contributed by atoms with Gasteiger partial charge in [0.25, 0.3) is 5.91 Å². The Morgan fingerprint density at radius 3 is 2.34 bits per heavy atom. The number of amides is 1. The number of ether oxygens (including phenoxy) is 2. The van der Waals surface area contributed by atoms with Gasteiger partial charge in [0.05, 0.1) is 25.5 Å². The maximum absolute atomic E-state index is 13.2. The van der Waals surface area contributed by atoms with Gasteiger partial charge in [-0.05, 0) is 48.5 Å². The number of anilines is 2. The van der Waals surface area contributed by atoms with Crippen molar-refractivity contribution in [2.75, 3.05) is 25.6 Å². The van der Waals surface area contributed by atoms with Crippen LogP contribution < -0.4 is 20.1 Å². The minimum atomic E-state index is -0.948. The topological polar surface area (TPSA) is 72.5 Å². The lowest BCUT2D eigenvalue weighted by molar-refractivity contribution is 0.0942. The highest BCUT2D eigenvalue weighted by molar-refractivity contribution is 5.92. The molecule has 1 heterocycles. The average Bonchev–Trinajstić information content (AvgIpc) is 2.74. The summed E-state index contributed by atoms with van der Waals surface area (Å²) in [4.78, 5) is 16.2. The molecule has 0 radical (unpaired) electrons. The molecular weight excluding hydrogens is 380 g/mol. The van der Waals surface area contributed by atoms with Crippen LogP contribution in [0.1, 0.15) is 10.5 Å². The zero-order chi connectivity index (χ0) is 20.6. The number of aromatic nitrogens is 1. The van der Waals surface area contributed by atoms with Crippen molar-refractivity contribution in [1.29, 1.82) is 0 Å². The first kappa shape index (κ1) is 20.1. The number of carbonyl (C=O) groups is 1. The number of nitrogens with zero attached hydrogens (tertiary/aromatic N) is 1. The summed E-state index contributed by atoms with van der Waals surface area (Å²) in [6.45, 7) is 0.606. The number of hydrogen-bond donors (Lipinski definition) is 2.